The van der Waals surface area contributed by atoms with Crippen LogP contribution in [0.5, 0.6) is 0 Å². The Morgan fingerprint density at radius 3 is 2.65 bits per heavy atom. The summed E-state index contributed by atoms with van der Waals surface area (Å²) in [5.74, 6) is 2.22. The Kier molecular flexibility index (Phi) is 5.97. The second kappa shape index (κ2) is 7.75. The van der Waals surface area contributed by atoms with Gasteiger partial charge in [0.1, 0.15) is 11.6 Å². The molecule has 0 spiro atoms. The fourth-order valence-electron chi connectivity index (χ4n) is 3.29. The first-order valence-corrected chi connectivity index (χ1v) is 8.80. The molecule has 1 aromatic heterocycles. The molecule has 2 heterocycles. The van der Waals surface area contributed by atoms with Crippen molar-refractivity contribution in [2.75, 3.05) is 25.5 Å². The molecule has 1 atom stereocenters. The normalized spacial score (nSPS) is 15.3. The molecule has 1 aromatic rings. The zero-order valence-electron chi connectivity index (χ0n) is 15.2. The maximum atomic E-state index is 12.9. The molecule has 0 bridgehead atoms. The number of hydrogen-bond donors (Lipinski definition) is 0. The Hall–Kier alpha value is -1.65. The first kappa shape index (κ1) is 17.7. The Bertz CT molecular complexity index is 556. The van der Waals surface area contributed by atoms with Crippen molar-refractivity contribution in [1.29, 1.82) is 0 Å². The van der Waals surface area contributed by atoms with E-state index in [1.165, 1.54) is 0 Å². The fourth-order valence-corrected chi connectivity index (χ4v) is 3.29. The predicted molar refractivity (Wildman–Crippen MR) is 93.5 cm³/mol. The summed E-state index contributed by atoms with van der Waals surface area (Å²) in [5, 5.41) is 0. The van der Waals surface area contributed by atoms with Crippen molar-refractivity contribution in [2.24, 2.45) is 5.92 Å². The van der Waals surface area contributed by atoms with Crippen LogP contribution >= 0.6 is 0 Å². The highest BCUT2D eigenvalue weighted by atomic mass is 16.2. The minimum atomic E-state index is 0.158. The van der Waals surface area contributed by atoms with E-state index in [2.05, 4.69) is 23.8 Å². The topological polar surface area (TPSA) is 49.3 Å². The van der Waals surface area contributed by atoms with Crippen molar-refractivity contribution in [1.82, 2.24) is 14.9 Å². The lowest BCUT2D eigenvalue weighted by Crippen LogP contribution is -2.40. The van der Waals surface area contributed by atoms with Crippen molar-refractivity contribution in [3.63, 3.8) is 0 Å². The smallest absolute Gasteiger partial charge is 0.225 e. The van der Waals surface area contributed by atoms with Crippen LogP contribution in [0.25, 0.3) is 0 Å². The number of anilines is 1. The molecule has 0 aliphatic carbocycles. The number of aromatic nitrogens is 2. The Morgan fingerprint density at radius 2 is 2.04 bits per heavy atom. The molecule has 0 saturated carbocycles. The average Bonchev–Trinajstić information content (AvgIpc) is 2.54. The van der Waals surface area contributed by atoms with Gasteiger partial charge in [0.05, 0.1) is 12.2 Å². The average molecular weight is 318 g/mol. The molecule has 0 aromatic carbocycles. The van der Waals surface area contributed by atoms with Gasteiger partial charge in [-0.05, 0) is 19.8 Å². The number of rotatable bonds is 6. The molecular weight excluding hydrogens is 288 g/mol. The summed E-state index contributed by atoms with van der Waals surface area (Å²) in [6.07, 6.45) is 5.02. The summed E-state index contributed by atoms with van der Waals surface area (Å²) in [7, 11) is 4.00. The first-order chi connectivity index (χ1) is 11.0. The molecule has 1 amide bonds. The number of hydrogen-bond acceptors (Lipinski definition) is 4. The summed E-state index contributed by atoms with van der Waals surface area (Å²) in [6, 6.07) is 0. The molecule has 5 heteroatoms. The van der Waals surface area contributed by atoms with Gasteiger partial charge in [-0.1, -0.05) is 26.7 Å². The van der Waals surface area contributed by atoms with Crippen LogP contribution in [-0.2, 0) is 17.8 Å². The van der Waals surface area contributed by atoms with E-state index in [1.54, 1.807) is 0 Å². The zero-order valence-corrected chi connectivity index (χ0v) is 15.2. The van der Waals surface area contributed by atoms with Crippen molar-refractivity contribution < 1.29 is 4.79 Å². The van der Waals surface area contributed by atoms with Gasteiger partial charge < -0.3 is 9.80 Å². The van der Waals surface area contributed by atoms with Crippen molar-refractivity contribution in [3.05, 3.63) is 17.1 Å². The highest BCUT2D eigenvalue weighted by Crippen LogP contribution is 2.27. The minimum absolute atomic E-state index is 0.158. The van der Waals surface area contributed by atoms with Crippen molar-refractivity contribution in [2.45, 2.75) is 59.4 Å². The third-order valence-electron chi connectivity index (χ3n) is 4.63. The van der Waals surface area contributed by atoms with Gasteiger partial charge in [0, 0.05) is 38.5 Å². The van der Waals surface area contributed by atoms with Crippen LogP contribution in [0.4, 0.5) is 5.82 Å². The number of carbonyl (C=O) groups is 1. The van der Waals surface area contributed by atoms with Gasteiger partial charge >= 0.3 is 0 Å². The van der Waals surface area contributed by atoms with Crippen molar-refractivity contribution >= 4 is 11.7 Å². The lowest BCUT2D eigenvalue weighted by atomic mass is 9.96. The Morgan fingerprint density at radius 1 is 1.30 bits per heavy atom. The summed E-state index contributed by atoms with van der Waals surface area (Å²) in [6.45, 7) is 7.65. The quantitative estimate of drug-likeness (QED) is 0.809. The van der Waals surface area contributed by atoms with Crippen LogP contribution < -0.4 is 4.90 Å². The minimum Gasteiger partial charge on any atom is -0.362 e. The van der Waals surface area contributed by atoms with Gasteiger partial charge in [0.2, 0.25) is 5.91 Å². The second-order valence-electron chi connectivity index (χ2n) is 6.67. The highest BCUT2D eigenvalue weighted by molar-refractivity contribution is 5.79. The molecule has 0 N–H and O–H groups in total. The van der Waals surface area contributed by atoms with E-state index in [0.29, 0.717) is 12.5 Å². The number of fused-ring (bicyclic) bond motifs is 1. The monoisotopic (exact) mass is 318 g/mol. The molecule has 0 unspecified atom stereocenters. The molecule has 5 nitrogen and oxygen atoms in total. The van der Waals surface area contributed by atoms with E-state index < -0.39 is 0 Å². The molecule has 2 rings (SSSR count). The van der Waals surface area contributed by atoms with Crippen LogP contribution in [0, 0.1) is 12.8 Å². The number of amides is 1. The third-order valence-corrected chi connectivity index (χ3v) is 4.63. The van der Waals surface area contributed by atoms with E-state index in [1.807, 2.05) is 30.8 Å². The summed E-state index contributed by atoms with van der Waals surface area (Å²) in [5.41, 5.74) is 2.22. The van der Waals surface area contributed by atoms with Crippen LogP contribution in [0.15, 0.2) is 0 Å². The largest absolute Gasteiger partial charge is 0.362 e. The molecule has 1 aliphatic heterocycles. The molecular formula is C18H30N4O. The summed E-state index contributed by atoms with van der Waals surface area (Å²) >= 11 is 0. The Balaban J connectivity index is 2.20. The van der Waals surface area contributed by atoms with Gasteiger partial charge in [-0.3, -0.25) is 4.79 Å². The lowest BCUT2D eigenvalue weighted by molar-refractivity contribution is -0.136. The van der Waals surface area contributed by atoms with E-state index in [9.17, 15) is 4.79 Å². The van der Waals surface area contributed by atoms with Crippen LogP contribution in [-0.4, -0.2) is 41.4 Å². The molecule has 0 saturated heterocycles. The summed E-state index contributed by atoms with van der Waals surface area (Å²) in [4.78, 5) is 26.1. The number of unbranched alkanes of at least 4 members (excludes halogenated alkanes) is 1. The maximum Gasteiger partial charge on any atom is 0.225 e. The number of carbonyl (C=O) groups excluding carboxylic acids is 1. The first-order valence-electron chi connectivity index (χ1n) is 8.80. The molecule has 1 aliphatic rings. The van der Waals surface area contributed by atoms with Gasteiger partial charge in [-0.15, -0.1) is 0 Å². The van der Waals surface area contributed by atoms with E-state index >= 15 is 0 Å². The molecule has 23 heavy (non-hydrogen) atoms. The Labute approximate surface area is 140 Å². The van der Waals surface area contributed by atoms with Gasteiger partial charge in [0.25, 0.3) is 0 Å². The molecule has 0 fully saturated rings. The van der Waals surface area contributed by atoms with Crippen molar-refractivity contribution in [3.8, 4) is 0 Å². The van der Waals surface area contributed by atoms with E-state index in [0.717, 1.165) is 61.5 Å². The van der Waals surface area contributed by atoms with Gasteiger partial charge in [-0.25, -0.2) is 9.97 Å². The standard InChI is InChI=1S/C18H30N4O/c1-6-8-9-14(7-2)18(23)22-11-10-16-15(12-22)17(21(4)5)20-13(3)19-16/h14H,6-12H2,1-5H3/t14-/m1/s1. The van der Waals surface area contributed by atoms with Gasteiger partial charge in [0.15, 0.2) is 0 Å². The second-order valence-corrected chi connectivity index (χ2v) is 6.67. The third kappa shape index (κ3) is 4.01. The van der Waals surface area contributed by atoms with Crippen LogP contribution in [0.3, 0.4) is 0 Å². The van der Waals surface area contributed by atoms with Crippen LogP contribution in [0.2, 0.25) is 0 Å². The fraction of sp³-hybridized carbons (Fsp3) is 0.722. The maximum absolute atomic E-state index is 12.9. The highest BCUT2D eigenvalue weighted by Gasteiger charge is 2.29. The van der Waals surface area contributed by atoms with E-state index in [-0.39, 0.29) is 5.92 Å². The molecule has 0 radical (unpaired) electrons. The zero-order chi connectivity index (χ0) is 17.0. The SMILES string of the molecule is CCCC[C@@H](CC)C(=O)N1CCc2nc(C)nc(N(C)C)c2C1. The number of nitrogens with zero attached hydrogens (tertiary/aromatic N) is 4. The lowest BCUT2D eigenvalue weighted by Gasteiger charge is -2.33. The van der Waals surface area contributed by atoms with Crippen LogP contribution in [0.1, 0.15) is 56.6 Å². The van der Waals surface area contributed by atoms with E-state index in [4.69, 9.17) is 0 Å². The van der Waals surface area contributed by atoms with Gasteiger partial charge in [-0.2, -0.15) is 0 Å². The molecule has 128 valence electrons. The summed E-state index contributed by atoms with van der Waals surface area (Å²) < 4.78 is 0. The number of aryl methyl sites for hydroxylation is 1. The predicted octanol–water partition coefficient (Wildman–Crippen LogP) is 2.95.